The molecule has 6 nitrogen and oxygen atoms in total. The molecule has 0 bridgehead atoms. The van der Waals surface area contributed by atoms with Gasteiger partial charge in [-0.05, 0) is 51.3 Å². The van der Waals surface area contributed by atoms with Crippen LogP contribution in [0.25, 0.3) is 22.3 Å². The van der Waals surface area contributed by atoms with Gasteiger partial charge in [-0.2, -0.15) is 0 Å². The maximum atomic E-state index is 12.1. The zero-order chi connectivity index (χ0) is 21.3. The summed E-state index contributed by atoms with van der Waals surface area (Å²) >= 11 is 0. The first-order valence-electron chi connectivity index (χ1n) is 10.4. The highest BCUT2D eigenvalue weighted by Crippen LogP contribution is 2.30. The molecule has 160 valence electrons. The van der Waals surface area contributed by atoms with Crippen molar-refractivity contribution in [2.45, 2.75) is 45.3 Å². The van der Waals surface area contributed by atoms with E-state index in [0.717, 1.165) is 59.6 Å². The lowest BCUT2D eigenvalue weighted by Crippen LogP contribution is -2.50. The minimum absolute atomic E-state index is 0. The molecule has 2 N–H and O–H groups in total. The predicted molar refractivity (Wildman–Crippen MR) is 124 cm³/mol. The number of benzene rings is 2. The molecule has 0 saturated carbocycles. The van der Waals surface area contributed by atoms with Gasteiger partial charge in [0.15, 0.2) is 5.82 Å². The molecule has 0 radical (unpaired) electrons. The second-order valence-electron chi connectivity index (χ2n) is 8.50. The summed E-state index contributed by atoms with van der Waals surface area (Å²) < 4.78 is 0. The van der Waals surface area contributed by atoms with Crippen LogP contribution in [0.2, 0.25) is 0 Å². The number of hydrogen-bond acceptors (Lipinski definition) is 5. The van der Waals surface area contributed by atoms with Gasteiger partial charge in [-0.3, -0.25) is 4.79 Å². The number of hydrogen-bond donors (Lipinski definition) is 2. The van der Waals surface area contributed by atoms with Crippen molar-refractivity contribution in [3.63, 3.8) is 0 Å². The van der Waals surface area contributed by atoms with Gasteiger partial charge >= 0.3 is 0 Å². The maximum Gasteiger partial charge on any atom is 0.251 e. The summed E-state index contributed by atoms with van der Waals surface area (Å²) in [6.07, 6.45) is 1.61. The Morgan fingerprint density at radius 2 is 1.77 bits per heavy atom. The summed E-state index contributed by atoms with van der Waals surface area (Å²) in [6, 6.07) is 16.3. The maximum absolute atomic E-state index is 12.1. The number of aryl methyl sites for hydroxylation is 1. The number of carbonyl (C=O) groups excluding carboxylic acids is 1. The molecule has 0 unspecified atom stereocenters. The van der Waals surface area contributed by atoms with Crippen molar-refractivity contribution >= 4 is 22.6 Å². The van der Waals surface area contributed by atoms with E-state index in [2.05, 4.69) is 35.3 Å². The number of rotatable bonds is 4. The quantitative estimate of drug-likeness (QED) is 0.683. The molecule has 0 spiro atoms. The molecule has 30 heavy (non-hydrogen) atoms. The Kier molecular flexibility index (Phi) is 5.43. The molecule has 0 aliphatic carbocycles. The van der Waals surface area contributed by atoms with Crippen LogP contribution in [0.5, 0.6) is 0 Å². The van der Waals surface area contributed by atoms with Gasteiger partial charge in [-0.1, -0.05) is 36.4 Å². The van der Waals surface area contributed by atoms with Gasteiger partial charge in [0.25, 0.3) is 5.91 Å². The van der Waals surface area contributed by atoms with E-state index in [4.69, 9.17) is 9.97 Å². The first-order chi connectivity index (χ1) is 14.3. The molecule has 6 heteroatoms. The van der Waals surface area contributed by atoms with E-state index in [-0.39, 0.29) is 14.8 Å². The van der Waals surface area contributed by atoms with Crippen LogP contribution >= 0.6 is 0 Å². The first kappa shape index (κ1) is 20.3. The third-order valence-electron chi connectivity index (χ3n) is 5.65. The summed E-state index contributed by atoms with van der Waals surface area (Å²) in [6.45, 7) is 6.66. The molecule has 1 aromatic heterocycles. The van der Waals surface area contributed by atoms with Crippen molar-refractivity contribution in [1.29, 1.82) is 0 Å². The summed E-state index contributed by atoms with van der Waals surface area (Å²) in [7, 11) is 0. The zero-order valence-electron chi connectivity index (χ0n) is 17.7. The molecular weight excluding hydrogens is 376 g/mol. The Hall–Kier alpha value is -2.99. The predicted octanol–water partition coefficient (Wildman–Crippen LogP) is 3.95. The van der Waals surface area contributed by atoms with Crippen molar-refractivity contribution in [1.82, 2.24) is 15.3 Å². The number of fused-ring (bicyclic) bond motifs is 1. The molecule has 0 atom stereocenters. The summed E-state index contributed by atoms with van der Waals surface area (Å²) in [5.41, 5.74) is 1.75. The molecular formula is C24H32N4O2. The Morgan fingerprint density at radius 1 is 1.10 bits per heavy atom. The van der Waals surface area contributed by atoms with Crippen molar-refractivity contribution in [2.24, 2.45) is 0 Å². The average molecular weight is 409 g/mol. The highest BCUT2D eigenvalue weighted by atomic mass is 16.3. The van der Waals surface area contributed by atoms with Crippen molar-refractivity contribution in [2.75, 3.05) is 18.0 Å². The molecule has 1 aliphatic heterocycles. The van der Waals surface area contributed by atoms with E-state index < -0.39 is 5.60 Å². The van der Waals surface area contributed by atoms with Crippen molar-refractivity contribution in [3.8, 4) is 11.4 Å². The number of para-hydroxylation sites is 1. The van der Waals surface area contributed by atoms with Crippen LogP contribution in [0.15, 0.2) is 48.5 Å². The highest BCUT2D eigenvalue weighted by molar-refractivity contribution is 5.91. The Bertz CT molecular complexity index is 1080. The number of carbonyl (C=O) groups is 1. The number of amides is 1. The van der Waals surface area contributed by atoms with Gasteiger partial charge in [0.05, 0.1) is 5.52 Å². The van der Waals surface area contributed by atoms with Gasteiger partial charge < -0.3 is 15.3 Å². The van der Waals surface area contributed by atoms with E-state index in [9.17, 15) is 9.90 Å². The van der Waals surface area contributed by atoms with Gasteiger partial charge in [0.2, 0.25) is 0 Å². The van der Waals surface area contributed by atoms with Crippen LogP contribution in [-0.2, 0) is 4.79 Å². The molecule has 1 amide bonds. The van der Waals surface area contributed by atoms with Crippen molar-refractivity contribution in [3.05, 3.63) is 54.1 Å². The summed E-state index contributed by atoms with van der Waals surface area (Å²) in [5, 5.41) is 13.9. The lowest BCUT2D eigenvalue weighted by Gasteiger charge is -2.34. The molecule has 1 saturated heterocycles. The Labute approximate surface area is 179 Å². The number of nitrogens with one attached hydrogen (secondary N) is 1. The van der Waals surface area contributed by atoms with Crippen LogP contribution in [0.3, 0.4) is 0 Å². The minimum Gasteiger partial charge on any atom is -0.381 e. The molecule has 3 aromatic rings. The second kappa shape index (κ2) is 8.03. The van der Waals surface area contributed by atoms with Gasteiger partial charge in [0.1, 0.15) is 11.4 Å². The SMILES string of the molecule is Cc1ccccc1-c1nc(N2CCC(NC(=O)C(C)(C)O)CC2)c2ccccc2n1.[HH].[HH]. The fourth-order valence-corrected chi connectivity index (χ4v) is 3.84. The highest BCUT2D eigenvalue weighted by Gasteiger charge is 2.29. The van der Waals surface area contributed by atoms with Crippen LogP contribution in [0.1, 0.15) is 35.1 Å². The van der Waals surface area contributed by atoms with E-state index in [1.54, 1.807) is 0 Å². The van der Waals surface area contributed by atoms with Gasteiger partial charge in [-0.25, -0.2) is 9.97 Å². The van der Waals surface area contributed by atoms with Crippen LogP contribution in [-0.4, -0.2) is 45.7 Å². The molecule has 2 heterocycles. The number of anilines is 1. The fourth-order valence-electron chi connectivity index (χ4n) is 3.84. The van der Waals surface area contributed by atoms with E-state index in [1.165, 1.54) is 13.8 Å². The molecule has 4 rings (SSSR count). The average Bonchev–Trinajstić information content (AvgIpc) is 2.73. The third-order valence-corrected chi connectivity index (χ3v) is 5.65. The van der Waals surface area contributed by atoms with Gasteiger partial charge in [-0.15, -0.1) is 0 Å². The standard InChI is InChI=1S/C24H28N4O2.2H2/c1-16-8-4-5-9-18(16)21-26-20-11-7-6-10-19(20)22(27-21)28-14-12-17(13-15-28)25-23(29)24(2,3)30;;/h4-11,17,30H,12-15H2,1-3H3,(H,25,29);2*1H. The van der Waals surface area contributed by atoms with Gasteiger partial charge in [0, 0.05) is 32.9 Å². The number of aromatic nitrogens is 2. The monoisotopic (exact) mass is 408 g/mol. The molecule has 1 fully saturated rings. The largest absolute Gasteiger partial charge is 0.381 e. The normalized spacial score (nSPS) is 15.4. The topological polar surface area (TPSA) is 78.4 Å². The Balaban J connectivity index is 0.00000181. The van der Waals surface area contributed by atoms with Crippen LogP contribution in [0, 0.1) is 6.92 Å². The van der Waals surface area contributed by atoms with E-state index in [0.29, 0.717) is 0 Å². The molecule has 2 aromatic carbocycles. The fraction of sp³-hybridized carbons (Fsp3) is 0.375. The van der Waals surface area contributed by atoms with Crippen LogP contribution in [0.4, 0.5) is 5.82 Å². The summed E-state index contributed by atoms with van der Waals surface area (Å²) in [5.74, 6) is 1.35. The first-order valence-corrected chi connectivity index (χ1v) is 10.4. The van der Waals surface area contributed by atoms with E-state index >= 15 is 0 Å². The van der Waals surface area contributed by atoms with E-state index in [1.807, 2.05) is 30.3 Å². The zero-order valence-corrected chi connectivity index (χ0v) is 17.7. The number of aliphatic hydroxyl groups is 1. The smallest absolute Gasteiger partial charge is 0.251 e. The van der Waals surface area contributed by atoms with Crippen LogP contribution < -0.4 is 10.2 Å². The lowest BCUT2D eigenvalue weighted by molar-refractivity contribution is -0.137. The number of piperidine rings is 1. The molecule has 1 aliphatic rings. The Morgan fingerprint density at radius 3 is 2.47 bits per heavy atom. The minimum atomic E-state index is -1.36. The van der Waals surface area contributed by atoms with Crippen molar-refractivity contribution < 1.29 is 12.8 Å². The third kappa shape index (κ3) is 4.14. The number of nitrogens with zero attached hydrogens (tertiary/aromatic N) is 3. The lowest BCUT2D eigenvalue weighted by atomic mass is 10.0. The summed E-state index contributed by atoms with van der Waals surface area (Å²) in [4.78, 5) is 24.2. The second-order valence-corrected chi connectivity index (χ2v) is 8.50.